The van der Waals surface area contributed by atoms with Gasteiger partial charge in [-0.15, -0.1) is 0 Å². The fraction of sp³-hybridized carbons (Fsp3) is 0.455. The normalized spacial score (nSPS) is 15.6. The lowest BCUT2D eigenvalue weighted by atomic mass is 10.1. The lowest BCUT2D eigenvalue weighted by molar-refractivity contribution is 0.790. The Balaban J connectivity index is 2.54. The zero-order valence-corrected chi connectivity index (χ0v) is 8.83. The fourth-order valence-electron chi connectivity index (χ4n) is 2.02. The molecule has 3 heteroatoms. The molecular formula is C11H17N3. The predicted molar refractivity (Wildman–Crippen MR) is 60.9 cm³/mol. The van der Waals surface area contributed by atoms with Gasteiger partial charge >= 0.3 is 0 Å². The largest absolute Gasteiger partial charge is 0.371 e. The highest BCUT2D eigenvalue weighted by Crippen LogP contribution is 2.34. The Kier molecular flexibility index (Phi) is 2.33. The van der Waals surface area contributed by atoms with Crippen molar-refractivity contribution in [2.24, 2.45) is 5.73 Å². The van der Waals surface area contributed by atoms with Gasteiger partial charge in [0.15, 0.2) is 0 Å². The molecule has 0 bridgehead atoms. The number of nitrogens with zero attached hydrogens (tertiary/aromatic N) is 2. The Morgan fingerprint density at radius 2 is 1.93 bits per heavy atom. The summed E-state index contributed by atoms with van der Waals surface area (Å²) in [6.07, 6.45) is 0. The maximum absolute atomic E-state index is 5.74. The molecule has 0 aromatic heterocycles. The van der Waals surface area contributed by atoms with E-state index in [1.54, 1.807) is 0 Å². The van der Waals surface area contributed by atoms with Crippen molar-refractivity contribution in [3.05, 3.63) is 23.8 Å². The molecule has 0 unspecified atom stereocenters. The summed E-state index contributed by atoms with van der Waals surface area (Å²) in [7, 11) is 4.26. The topological polar surface area (TPSA) is 32.5 Å². The molecule has 1 aliphatic rings. The minimum absolute atomic E-state index is 0.612. The Labute approximate surface area is 85.1 Å². The van der Waals surface area contributed by atoms with Gasteiger partial charge in [-0.2, -0.15) is 0 Å². The van der Waals surface area contributed by atoms with Crippen molar-refractivity contribution in [3.8, 4) is 0 Å². The number of nitrogens with two attached hydrogens (primary N) is 1. The summed E-state index contributed by atoms with van der Waals surface area (Å²) in [5.41, 5.74) is 9.56. The molecule has 0 fully saturated rings. The molecule has 1 aromatic carbocycles. The third-order valence-corrected chi connectivity index (χ3v) is 2.88. The van der Waals surface area contributed by atoms with E-state index in [1.807, 2.05) is 0 Å². The molecule has 2 N–H and O–H groups in total. The minimum Gasteiger partial charge on any atom is -0.371 e. The molecule has 1 aromatic rings. The van der Waals surface area contributed by atoms with E-state index in [2.05, 4.69) is 42.1 Å². The predicted octanol–water partition coefficient (Wildman–Crippen LogP) is 1.03. The maximum atomic E-state index is 5.74. The third kappa shape index (κ3) is 1.34. The van der Waals surface area contributed by atoms with E-state index in [0.29, 0.717) is 6.54 Å². The summed E-state index contributed by atoms with van der Waals surface area (Å²) in [4.78, 5) is 4.58. The van der Waals surface area contributed by atoms with Crippen LogP contribution >= 0.6 is 0 Å². The zero-order valence-electron chi connectivity index (χ0n) is 8.83. The molecule has 0 saturated carbocycles. The van der Waals surface area contributed by atoms with E-state index in [1.165, 1.54) is 16.9 Å². The monoisotopic (exact) mass is 191 g/mol. The maximum Gasteiger partial charge on any atom is 0.0647 e. The fourth-order valence-corrected chi connectivity index (χ4v) is 2.02. The molecule has 0 spiro atoms. The van der Waals surface area contributed by atoms with Gasteiger partial charge in [-0.05, 0) is 11.6 Å². The van der Waals surface area contributed by atoms with Crippen molar-refractivity contribution in [2.75, 3.05) is 37.0 Å². The minimum atomic E-state index is 0.612. The van der Waals surface area contributed by atoms with E-state index in [9.17, 15) is 0 Å². The number of anilines is 2. The van der Waals surface area contributed by atoms with Gasteiger partial charge in [0.2, 0.25) is 0 Å². The Hall–Kier alpha value is -1.22. The molecule has 76 valence electrons. The smallest absolute Gasteiger partial charge is 0.0647 e. The van der Waals surface area contributed by atoms with Crippen LogP contribution in [0.3, 0.4) is 0 Å². The molecule has 1 aliphatic heterocycles. The van der Waals surface area contributed by atoms with Crippen LogP contribution in [-0.4, -0.2) is 27.2 Å². The number of hydrogen-bond acceptors (Lipinski definition) is 3. The van der Waals surface area contributed by atoms with Crippen LogP contribution in [0.4, 0.5) is 11.4 Å². The molecule has 0 saturated heterocycles. The average Bonchev–Trinajstić information content (AvgIpc) is 2.23. The van der Waals surface area contributed by atoms with Crippen LogP contribution in [0.15, 0.2) is 18.2 Å². The highest BCUT2D eigenvalue weighted by molar-refractivity contribution is 5.76. The lowest BCUT2D eigenvalue weighted by Crippen LogP contribution is -2.37. The van der Waals surface area contributed by atoms with Gasteiger partial charge in [0, 0.05) is 33.7 Å². The highest BCUT2D eigenvalue weighted by atomic mass is 15.2. The van der Waals surface area contributed by atoms with Gasteiger partial charge in [-0.3, -0.25) is 0 Å². The summed E-state index contributed by atoms with van der Waals surface area (Å²) >= 11 is 0. The van der Waals surface area contributed by atoms with Gasteiger partial charge < -0.3 is 15.5 Å². The van der Waals surface area contributed by atoms with Crippen molar-refractivity contribution in [1.82, 2.24) is 0 Å². The van der Waals surface area contributed by atoms with E-state index >= 15 is 0 Å². The van der Waals surface area contributed by atoms with Gasteiger partial charge in [0.25, 0.3) is 0 Å². The Morgan fingerprint density at radius 3 is 2.64 bits per heavy atom. The Morgan fingerprint density at radius 1 is 1.21 bits per heavy atom. The SMILES string of the molecule is CN1CCN(C)c2c(CN)cccc21. The molecule has 14 heavy (non-hydrogen) atoms. The molecule has 3 nitrogen and oxygen atoms in total. The highest BCUT2D eigenvalue weighted by Gasteiger charge is 2.19. The first-order valence-corrected chi connectivity index (χ1v) is 4.98. The van der Waals surface area contributed by atoms with Gasteiger partial charge in [0.05, 0.1) is 11.4 Å². The third-order valence-electron chi connectivity index (χ3n) is 2.88. The first kappa shape index (κ1) is 9.34. The lowest BCUT2D eigenvalue weighted by Gasteiger charge is -2.36. The van der Waals surface area contributed by atoms with E-state index < -0.39 is 0 Å². The number of para-hydroxylation sites is 1. The summed E-state index contributed by atoms with van der Waals surface area (Å²) < 4.78 is 0. The van der Waals surface area contributed by atoms with E-state index in [-0.39, 0.29) is 0 Å². The van der Waals surface area contributed by atoms with Crippen molar-refractivity contribution in [3.63, 3.8) is 0 Å². The zero-order chi connectivity index (χ0) is 10.1. The van der Waals surface area contributed by atoms with Crippen molar-refractivity contribution in [1.29, 1.82) is 0 Å². The second-order valence-corrected chi connectivity index (χ2v) is 3.83. The van der Waals surface area contributed by atoms with Crippen molar-refractivity contribution < 1.29 is 0 Å². The molecular weight excluding hydrogens is 174 g/mol. The summed E-state index contributed by atoms with van der Waals surface area (Å²) in [6, 6.07) is 6.34. The van der Waals surface area contributed by atoms with Crippen LogP contribution < -0.4 is 15.5 Å². The van der Waals surface area contributed by atoms with E-state index in [4.69, 9.17) is 5.73 Å². The average molecular weight is 191 g/mol. The van der Waals surface area contributed by atoms with Crippen LogP contribution in [0, 0.1) is 0 Å². The van der Waals surface area contributed by atoms with Crippen LogP contribution in [0.1, 0.15) is 5.56 Å². The first-order chi connectivity index (χ1) is 6.74. The van der Waals surface area contributed by atoms with Gasteiger partial charge in [-0.1, -0.05) is 12.1 Å². The van der Waals surface area contributed by atoms with Crippen molar-refractivity contribution >= 4 is 11.4 Å². The number of likely N-dealkylation sites (N-methyl/N-ethyl adjacent to an activating group) is 2. The molecule has 0 aliphatic carbocycles. The second kappa shape index (κ2) is 3.50. The molecule has 0 radical (unpaired) electrons. The molecule has 1 heterocycles. The van der Waals surface area contributed by atoms with Crippen LogP contribution in [-0.2, 0) is 6.54 Å². The standard InChI is InChI=1S/C11H17N3/c1-13-6-7-14(2)11-9(8-12)4-3-5-10(11)13/h3-5H,6-8,12H2,1-2H3. The van der Waals surface area contributed by atoms with Crippen LogP contribution in [0.2, 0.25) is 0 Å². The second-order valence-electron chi connectivity index (χ2n) is 3.83. The Bertz CT molecular complexity index is 335. The van der Waals surface area contributed by atoms with Crippen LogP contribution in [0.25, 0.3) is 0 Å². The van der Waals surface area contributed by atoms with Crippen LogP contribution in [0.5, 0.6) is 0 Å². The molecule has 2 rings (SSSR count). The molecule has 0 amide bonds. The summed E-state index contributed by atoms with van der Waals surface area (Å²) in [5, 5.41) is 0. The number of benzene rings is 1. The van der Waals surface area contributed by atoms with Gasteiger partial charge in [0.1, 0.15) is 0 Å². The van der Waals surface area contributed by atoms with Gasteiger partial charge in [-0.25, -0.2) is 0 Å². The number of hydrogen-bond donors (Lipinski definition) is 1. The van der Waals surface area contributed by atoms with Crippen molar-refractivity contribution in [2.45, 2.75) is 6.54 Å². The first-order valence-electron chi connectivity index (χ1n) is 4.98. The summed E-state index contributed by atoms with van der Waals surface area (Å²) in [6.45, 7) is 2.76. The number of rotatable bonds is 1. The summed E-state index contributed by atoms with van der Waals surface area (Å²) in [5.74, 6) is 0. The quantitative estimate of drug-likeness (QED) is 0.719. The molecule has 0 atom stereocenters. The number of fused-ring (bicyclic) bond motifs is 1. The van der Waals surface area contributed by atoms with E-state index in [0.717, 1.165) is 13.1 Å².